The lowest BCUT2D eigenvalue weighted by atomic mass is 10.1. The molecule has 1 aliphatic carbocycles. The summed E-state index contributed by atoms with van der Waals surface area (Å²) in [6, 6.07) is 1.06. The van der Waals surface area contributed by atoms with Crippen molar-refractivity contribution in [1.82, 2.24) is 5.32 Å². The molecule has 1 aromatic rings. The van der Waals surface area contributed by atoms with Gasteiger partial charge in [-0.1, -0.05) is 12.8 Å². The molecule has 0 atom stereocenters. The van der Waals surface area contributed by atoms with Crippen LogP contribution in [0, 0.1) is 21.7 Å². The highest BCUT2D eigenvalue weighted by atomic mass is 19.1. The van der Waals surface area contributed by atoms with Crippen molar-refractivity contribution in [3.8, 4) is 0 Å². The Kier molecular flexibility index (Phi) is 3.73. The Balaban J connectivity index is 2.27. The molecule has 0 radical (unpaired) electrons. The summed E-state index contributed by atoms with van der Waals surface area (Å²) < 4.78 is 26.9. The Morgan fingerprint density at radius 2 is 1.95 bits per heavy atom. The maximum absolute atomic E-state index is 13.8. The summed E-state index contributed by atoms with van der Waals surface area (Å²) in [5.41, 5.74) is -1.66. The Hall–Kier alpha value is -2.05. The van der Waals surface area contributed by atoms with Crippen LogP contribution < -0.4 is 5.32 Å². The van der Waals surface area contributed by atoms with Crippen molar-refractivity contribution < 1.29 is 18.5 Å². The fraction of sp³-hybridized carbons (Fsp3) is 0.417. The van der Waals surface area contributed by atoms with Gasteiger partial charge in [-0.3, -0.25) is 14.9 Å². The number of carbonyl (C=O) groups is 1. The van der Waals surface area contributed by atoms with Gasteiger partial charge in [0.05, 0.1) is 16.6 Å². The maximum Gasteiger partial charge on any atom is 0.308 e. The molecule has 7 heteroatoms. The van der Waals surface area contributed by atoms with E-state index in [0.29, 0.717) is 12.1 Å². The van der Waals surface area contributed by atoms with E-state index >= 15 is 0 Å². The first kappa shape index (κ1) is 13.4. The summed E-state index contributed by atoms with van der Waals surface area (Å²) in [5, 5.41) is 13.1. The second-order valence-electron chi connectivity index (χ2n) is 4.50. The SMILES string of the molecule is O=C(NC1CCCC1)c1cc(F)cc([N+](=O)[O-])c1F. The zero-order valence-corrected chi connectivity index (χ0v) is 9.99. The Morgan fingerprint density at radius 3 is 2.53 bits per heavy atom. The monoisotopic (exact) mass is 270 g/mol. The normalized spacial score (nSPS) is 15.5. The summed E-state index contributed by atoms with van der Waals surface area (Å²) >= 11 is 0. The van der Waals surface area contributed by atoms with E-state index < -0.39 is 33.7 Å². The summed E-state index contributed by atoms with van der Waals surface area (Å²) in [7, 11) is 0. The van der Waals surface area contributed by atoms with Crippen LogP contribution in [0.25, 0.3) is 0 Å². The first-order valence-electron chi connectivity index (χ1n) is 5.93. The smallest absolute Gasteiger partial charge is 0.308 e. The standard InChI is InChI=1S/C12H12F2N2O3/c13-7-5-9(11(14)10(6-7)16(18)19)12(17)15-8-3-1-2-4-8/h5-6,8H,1-4H2,(H,15,17). The van der Waals surface area contributed by atoms with E-state index in [9.17, 15) is 23.7 Å². The number of nitro benzene ring substituents is 1. The number of amides is 1. The van der Waals surface area contributed by atoms with Crippen molar-refractivity contribution in [2.45, 2.75) is 31.7 Å². The predicted molar refractivity (Wildman–Crippen MR) is 62.7 cm³/mol. The minimum atomic E-state index is -1.30. The van der Waals surface area contributed by atoms with Crippen LogP contribution in [-0.2, 0) is 0 Å². The van der Waals surface area contributed by atoms with Crippen molar-refractivity contribution >= 4 is 11.6 Å². The van der Waals surface area contributed by atoms with Crippen molar-refractivity contribution in [2.24, 2.45) is 0 Å². The van der Waals surface area contributed by atoms with Gasteiger partial charge in [-0.15, -0.1) is 0 Å². The zero-order chi connectivity index (χ0) is 14.0. The molecule has 1 N–H and O–H groups in total. The highest BCUT2D eigenvalue weighted by molar-refractivity contribution is 5.95. The van der Waals surface area contributed by atoms with E-state index in [1.807, 2.05) is 0 Å². The lowest BCUT2D eigenvalue weighted by Crippen LogP contribution is -2.33. The van der Waals surface area contributed by atoms with Crippen molar-refractivity contribution in [2.75, 3.05) is 0 Å². The molecular formula is C12H12F2N2O3. The lowest BCUT2D eigenvalue weighted by Gasteiger charge is -2.12. The third-order valence-corrected chi connectivity index (χ3v) is 3.15. The van der Waals surface area contributed by atoms with Gasteiger partial charge in [0.1, 0.15) is 5.82 Å². The molecule has 1 fully saturated rings. The van der Waals surface area contributed by atoms with E-state index in [1.165, 1.54) is 0 Å². The second kappa shape index (κ2) is 5.29. The summed E-state index contributed by atoms with van der Waals surface area (Å²) in [5.74, 6) is -3.13. The molecule has 0 bridgehead atoms. The molecule has 0 saturated heterocycles. The van der Waals surface area contributed by atoms with Crippen LogP contribution in [0.3, 0.4) is 0 Å². The number of hydrogen-bond donors (Lipinski definition) is 1. The van der Waals surface area contributed by atoms with Crippen LogP contribution in [0.2, 0.25) is 0 Å². The Morgan fingerprint density at radius 1 is 1.32 bits per heavy atom. The Labute approximate surface area is 107 Å². The van der Waals surface area contributed by atoms with Gasteiger partial charge >= 0.3 is 5.69 Å². The summed E-state index contributed by atoms with van der Waals surface area (Å²) in [4.78, 5) is 21.3. The molecule has 19 heavy (non-hydrogen) atoms. The van der Waals surface area contributed by atoms with Crippen LogP contribution in [0.1, 0.15) is 36.0 Å². The lowest BCUT2D eigenvalue weighted by molar-refractivity contribution is -0.387. The topological polar surface area (TPSA) is 72.2 Å². The van der Waals surface area contributed by atoms with Gasteiger partial charge in [0.25, 0.3) is 5.91 Å². The molecule has 1 aliphatic rings. The van der Waals surface area contributed by atoms with Crippen molar-refractivity contribution in [1.29, 1.82) is 0 Å². The van der Waals surface area contributed by atoms with E-state index in [1.54, 1.807) is 0 Å². The molecule has 2 rings (SSSR count). The average molecular weight is 270 g/mol. The predicted octanol–water partition coefficient (Wildman–Crippen LogP) is 2.55. The minimum absolute atomic E-state index is 0.0748. The number of nitro groups is 1. The minimum Gasteiger partial charge on any atom is -0.349 e. The van der Waals surface area contributed by atoms with Gasteiger partial charge < -0.3 is 5.32 Å². The molecule has 0 spiro atoms. The van der Waals surface area contributed by atoms with E-state index in [-0.39, 0.29) is 6.04 Å². The molecule has 0 aliphatic heterocycles. The van der Waals surface area contributed by atoms with Crippen LogP contribution in [0.5, 0.6) is 0 Å². The van der Waals surface area contributed by atoms with Crippen LogP contribution in [0.15, 0.2) is 12.1 Å². The third-order valence-electron chi connectivity index (χ3n) is 3.15. The van der Waals surface area contributed by atoms with Gasteiger partial charge in [-0.05, 0) is 18.9 Å². The number of nitrogens with zero attached hydrogens (tertiary/aromatic N) is 1. The summed E-state index contributed by atoms with van der Waals surface area (Å²) in [6.45, 7) is 0. The number of halogens is 2. The van der Waals surface area contributed by atoms with Gasteiger partial charge in [0.2, 0.25) is 5.82 Å². The van der Waals surface area contributed by atoms with Gasteiger partial charge in [0, 0.05) is 6.04 Å². The molecule has 1 aromatic carbocycles. The first-order valence-corrected chi connectivity index (χ1v) is 5.93. The number of hydrogen-bond acceptors (Lipinski definition) is 3. The van der Waals surface area contributed by atoms with Gasteiger partial charge in [0.15, 0.2) is 0 Å². The molecule has 102 valence electrons. The van der Waals surface area contributed by atoms with Crippen molar-refractivity contribution in [3.05, 3.63) is 39.4 Å². The molecular weight excluding hydrogens is 258 g/mol. The molecule has 1 amide bonds. The maximum atomic E-state index is 13.8. The van der Waals surface area contributed by atoms with Gasteiger partial charge in [-0.2, -0.15) is 4.39 Å². The average Bonchev–Trinajstić information content (AvgIpc) is 2.84. The van der Waals surface area contributed by atoms with E-state index in [0.717, 1.165) is 25.7 Å². The Bertz CT molecular complexity index is 528. The number of rotatable bonds is 3. The highest BCUT2D eigenvalue weighted by Crippen LogP contribution is 2.23. The number of carbonyl (C=O) groups excluding carboxylic acids is 1. The van der Waals surface area contributed by atoms with E-state index in [4.69, 9.17) is 0 Å². The quantitative estimate of drug-likeness (QED) is 0.677. The number of benzene rings is 1. The molecule has 5 nitrogen and oxygen atoms in total. The van der Waals surface area contributed by atoms with Crippen LogP contribution in [-0.4, -0.2) is 16.9 Å². The fourth-order valence-corrected chi connectivity index (χ4v) is 2.21. The summed E-state index contributed by atoms with van der Waals surface area (Å²) in [6.07, 6.45) is 3.50. The van der Waals surface area contributed by atoms with Gasteiger partial charge in [-0.25, -0.2) is 4.39 Å². The molecule has 0 aromatic heterocycles. The molecule has 1 saturated carbocycles. The van der Waals surface area contributed by atoms with E-state index in [2.05, 4.69) is 5.32 Å². The van der Waals surface area contributed by atoms with Crippen molar-refractivity contribution in [3.63, 3.8) is 0 Å². The largest absolute Gasteiger partial charge is 0.349 e. The van der Waals surface area contributed by atoms with Crippen LogP contribution >= 0.6 is 0 Å². The number of nitrogens with one attached hydrogen (secondary N) is 1. The third kappa shape index (κ3) is 2.86. The van der Waals surface area contributed by atoms with Crippen LogP contribution in [0.4, 0.5) is 14.5 Å². The first-order chi connectivity index (χ1) is 8.99. The molecule has 0 heterocycles. The fourth-order valence-electron chi connectivity index (χ4n) is 2.21. The second-order valence-corrected chi connectivity index (χ2v) is 4.50. The zero-order valence-electron chi connectivity index (χ0n) is 9.99. The highest BCUT2D eigenvalue weighted by Gasteiger charge is 2.26. The molecule has 0 unspecified atom stereocenters.